The molecule has 2 fully saturated rings. The molecule has 7 heteroatoms. The number of aliphatic hydroxyl groups is 3. The molecule has 5 atom stereocenters. The number of aliphatic hydroxyl groups excluding tert-OH is 3. The SMILES string of the molecule is NC1([C@@H]2O[C@H](CO)[C@@H](O)[C@H]2O)NCCO1. The molecule has 7 nitrogen and oxygen atoms in total. The van der Waals surface area contributed by atoms with Crippen molar-refractivity contribution in [3.05, 3.63) is 0 Å². The van der Waals surface area contributed by atoms with Crippen LogP contribution in [0, 0.1) is 0 Å². The number of nitrogens with two attached hydrogens (primary N) is 1. The van der Waals surface area contributed by atoms with E-state index in [0.29, 0.717) is 13.2 Å². The predicted octanol–water partition coefficient (Wildman–Crippen LogP) is -3.30. The third kappa shape index (κ3) is 1.76. The van der Waals surface area contributed by atoms with Gasteiger partial charge in [0, 0.05) is 6.54 Å². The average Bonchev–Trinajstić information content (AvgIpc) is 2.76. The van der Waals surface area contributed by atoms with Crippen molar-refractivity contribution in [2.45, 2.75) is 30.3 Å². The second-order valence-corrected chi connectivity index (χ2v) is 3.83. The van der Waals surface area contributed by atoms with E-state index in [1.165, 1.54) is 0 Å². The molecule has 2 rings (SSSR count). The highest BCUT2D eigenvalue weighted by Crippen LogP contribution is 2.28. The smallest absolute Gasteiger partial charge is 0.202 e. The van der Waals surface area contributed by atoms with Gasteiger partial charge in [0.15, 0.2) is 0 Å². The Morgan fingerprint density at radius 2 is 2.13 bits per heavy atom. The van der Waals surface area contributed by atoms with Crippen LogP contribution in [0.5, 0.6) is 0 Å². The third-order valence-corrected chi connectivity index (χ3v) is 2.81. The minimum absolute atomic E-state index is 0.370. The van der Waals surface area contributed by atoms with E-state index in [1.54, 1.807) is 0 Å². The lowest BCUT2D eigenvalue weighted by molar-refractivity contribution is -0.148. The van der Waals surface area contributed by atoms with Crippen molar-refractivity contribution >= 4 is 0 Å². The summed E-state index contributed by atoms with van der Waals surface area (Å²) < 4.78 is 10.5. The van der Waals surface area contributed by atoms with E-state index in [9.17, 15) is 10.2 Å². The van der Waals surface area contributed by atoms with Crippen LogP contribution in [0.4, 0.5) is 0 Å². The number of rotatable bonds is 2. The highest BCUT2D eigenvalue weighted by molar-refractivity contribution is 4.99. The minimum atomic E-state index is -1.29. The lowest BCUT2D eigenvalue weighted by Gasteiger charge is -2.31. The number of nitrogens with one attached hydrogen (secondary N) is 1. The molecule has 0 saturated carbocycles. The molecule has 88 valence electrons. The fourth-order valence-electron chi connectivity index (χ4n) is 1.95. The molecule has 2 saturated heterocycles. The normalized spacial score (nSPS) is 51.2. The van der Waals surface area contributed by atoms with Gasteiger partial charge in [-0.2, -0.15) is 0 Å². The molecule has 0 aromatic rings. The van der Waals surface area contributed by atoms with Crippen LogP contribution in [0.15, 0.2) is 0 Å². The fourth-order valence-corrected chi connectivity index (χ4v) is 1.95. The maximum absolute atomic E-state index is 9.70. The molecule has 15 heavy (non-hydrogen) atoms. The molecule has 0 amide bonds. The van der Waals surface area contributed by atoms with E-state index < -0.39 is 30.3 Å². The van der Waals surface area contributed by atoms with Crippen LogP contribution in [0.3, 0.4) is 0 Å². The first-order valence-corrected chi connectivity index (χ1v) is 4.89. The van der Waals surface area contributed by atoms with E-state index in [-0.39, 0.29) is 6.61 Å². The van der Waals surface area contributed by atoms with Crippen LogP contribution < -0.4 is 11.1 Å². The van der Waals surface area contributed by atoms with Gasteiger partial charge in [0.1, 0.15) is 24.4 Å². The molecule has 2 heterocycles. The predicted molar refractivity (Wildman–Crippen MR) is 48.6 cm³/mol. The van der Waals surface area contributed by atoms with E-state index in [2.05, 4.69) is 5.32 Å². The van der Waals surface area contributed by atoms with Gasteiger partial charge in [0.05, 0.1) is 13.2 Å². The van der Waals surface area contributed by atoms with Gasteiger partial charge in [0.2, 0.25) is 5.85 Å². The number of ether oxygens (including phenoxy) is 2. The molecule has 0 aliphatic carbocycles. The van der Waals surface area contributed by atoms with E-state index in [1.807, 2.05) is 0 Å². The quantitative estimate of drug-likeness (QED) is 0.331. The molecule has 0 radical (unpaired) electrons. The van der Waals surface area contributed by atoms with Crippen molar-refractivity contribution in [1.29, 1.82) is 0 Å². The van der Waals surface area contributed by atoms with Crippen molar-refractivity contribution < 1.29 is 24.8 Å². The molecule has 0 aromatic carbocycles. The van der Waals surface area contributed by atoms with Gasteiger partial charge in [0.25, 0.3) is 0 Å². The molecular weight excluding hydrogens is 204 g/mol. The zero-order chi connectivity index (χ0) is 11.1. The summed E-state index contributed by atoms with van der Waals surface area (Å²) in [5, 5.41) is 31.0. The second-order valence-electron chi connectivity index (χ2n) is 3.83. The zero-order valence-electron chi connectivity index (χ0n) is 8.17. The topological polar surface area (TPSA) is 117 Å². The van der Waals surface area contributed by atoms with Crippen LogP contribution in [-0.2, 0) is 9.47 Å². The summed E-state index contributed by atoms with van der Waals surface area (Å²) in [5.74, 6) is -1.29. The third-order valence-electron chi connectivity index (χ3n) is 2.81. The lowest BCUT2D eigenvalue weighted by Crippen LogP contribution is -2.63. The summed E-state index contributed by atoms with van der Waals surface area (Å²) >= 11 is 0. The molecular formula is C8H16N2O5. The van der Waals surface area contributed by atoms with Crippen molar-refractivity contribution in [2.75, 3.05) is 19.8 Å². The Labute approximate surface area is 86.8 Å². The average molecular weight is 220 g/mol. The summed E-state index contributed by atoms with van der Waals surface area (Å²) in [5.41, 5.74) is 5.82. The van der Waals surface area contributed by atoms with Gasteiger partial charge in [-0.1, -0.05) is 0 Å². The van der Waals surface area contributed by atoms with Gasteiger partial charge in [-0.3, -0.25) is 11.1 Å². The first-order valence-electron chi connectivity index (χ1n) is 4.89. The first kappa shape index (κ1) is 11.2. The van der Waals surface area contributed by atoms with Crippen LogP contribution >= 0.6 is 0 Å². The Hall–Kier alpha value is -0.280. The maximum Gasteiger partial charge on any atom is 0.202 e. The van der Waals surface area contributed by atoms with Crippen molar-refractivity contribution in [2.24, 2.45) is 5.73 Å². The Bertz CT molecular complexity index is 233. The van der Waals surface area contributed by atoms with Gasteiger partial charge >= 0.3 is 0 Å². The van der Waals surface area contributed by atoms with Crippen molar-refractivity contribution in [3.8, 4) is 0 Å². The Morgan fingerprint density at radius 1 is 1.40 bits per heavy atom. The minimum Gasteiger partial charge on any atom is -0.394 e. The molecule has 2 aliphatic rings. The second kappa shape index (κ2) is 3.95. The van der Waals surface area contributed by atoms with E-state index in [0.717, 1.165) is 0 Å². The molecule has 0 spiro atoms. The van der Waals surface area contributed by atoms with Gasteiger partial charge in [-0.05, 0) is 0 Å². The summed E-state index contributed by atoms with van der Waals surface area (Å²) in [6.07, 6.45) is -4.02. The van der Waals surface area contributed by atoms with Crippen molar-refractivity contribution in [3.63, 3.8) is 0 Å². The van der Waals surface area contributed by atoms with Gasteiger partial charge < -0.3 is 24.8 Å². The van der Waals surface area contributed by atoms with Gasteiger partial charge in [-0.25, -0.2) is 0 Å². The molecule has 2 aliphatic heterocycles. The molecule has 6 N–H and O–H groups in total. The van der Waals surface area contributed by atoms with Gasteiger partial charge in [-0.15, -0.1) is 0 Å². The molecule has 0 bridgehead atoms. The largest absolute Gasteiger partial charge is 0.394 e. The standard InChI is InChI=1S/C8H16N2O5/c9-8(10-1-2-14-8)7-6(13)5(12)4(3-11)15-7/h4-7,10-13H,1-3,9H2/t4-,5-,6-,7-,8?/m1/s1. The highest BCUT2D eigenvalue weighted by atomic mass is 16.6. The summed E-state index contributed by atoms with van der Waals surface area (Å²) in [7, 11) is 0. The Kier molecular flexibility index (Phi) is 2.95. The summed E-state index contributed by atoms with van der Waals surface area (Å²) in [4.78, 5) is 0. The Morgan fingerprint density at radius 3 is 2.60 bits per heavy atom. The van der Waals surface area contributed by atoms with E-state index in [4.69, 9.17) is 20.3 Å². The lowest BCUT2D eigenvalue weighted by atomic mass is 10.0. The van der Waals surface area contributed by atoms with Crippen molar-refractivity contribution in [1.82, 2.24) is 5.32 Å². The van der Waals surface area contributed by atoms with Crippen LogP contribution in [0.2, 0.25) is 0 Å². The number of hydrogen-bond acceptors (Lipinski definition) is 7. The number of hydrogen-bond donors (Lipinski definition) is 5. The van der Waals surface area contributed by atoms with E-state index >= 15 is 0 Å². The maximum atomic E-state index is 9.70. The molecule has 1 unspecified atom stereocenters. The van der Waals surface area contributed by atoms with Crippen LogP contribution in [0.25, 0.3) is 0 Å². The monoisotopic (exact) mass is 220 g/mol. The summed E-state index contributed by atoms with van der Waals surface area (Å²) in [6, 6.07) is 0. The van der Waals surface area contributed by atoms with Crippen LogP contribution in [-0.4, -0.2) is 65.3 Å². The fraction of sp³-hybridized carbons (Fsp3) is 1.00. The Balaban J connectivity index is 2.10. The zero-order valence-corrected chi connectivity index (χ0v) is 8.17. The summed E-state index contributed by atoms with van der Waals surface area (Å²) in [6.45, 7) is 0.608. The highest BCUT2D eigenvalue weighted by Gasteiger charge is 2.53. The first-order chi connectivity index (χ1) is 7.08. The molecule has 0 aromatic heterocycles. The van der Waals surface area contributed by atoms with Crippen LogP contribution in [0.1, 0.15) is 0 Å².